The maximum atomic E-state index is 11.6. The number of fused-ring (bicyclic) bond motifs is 2. The molecule has 0 aliphatic heterocycles. The molecule has 0 bridgehead atoms. The van der Waals surface area contributed by atoms with Gasteiger partial charge in [-0.15, -0.1) is 0 Å². The summed E-state index contributed by atoms with van der Waals surface area (Å²) in [6.45, 7) is 7.83. The number of hydrogen-bond donors (Lipinski definition) is 0. The Morgan fingerprint density at radius 3 is 2.62 bits per heavy atom. The van der Waals surface area contributed by atoms with Crippen LogP contribution in [0.25, 0.3) is 21.9 Å². The Morgan fingerprint density at radius 1 is 1.12 bits per heavy atom. The molecule has 2 heterocycles. The summed E-state index contributed by atoms with van der Waals surface area (Å²) in [4.78, 5) is 14.0. The normalized spacial score (nSPS) is 11.7. The van der Waals surface area contributed by atoms with Crippen molar-refractivity contribution in [1.82, 2.24) is 4.90 Å². The van der Waals surface area contributed by atoms with Gasteiger partial charge in [-0.3, -0.25) is 0 Å². The summed E-state index contributed by atoms with van der Waals surface area (Å²) in [5, 5.41) is 1.69. The number of benzene rings is 1. The highest BCUT2D eigenvalue weighted by Crippen LogP contribution is 2.41. The van der Waals surface area contributed by atoms with E-state index in [1.165, 1.54) is 6.07 Å². The SMILES string of the molecule is CCN(CC)CCCOc1c2occc2c(Br)c2ccc(=O)oc12. The third-order valence-corrected chi connectivity index (χ3v) is 5.00. The van der Waals surface area contributed by atoms with Crippen LogP contribution in [0.1, 0.15) is 20.3 Å². The van der Waals surface area contributed by atoms with E-state index in [1.54, 1.807) is 12.3 Å². The summed E-state index contributed by atoms with van der Waals surface area (Å²) in [5.41, 5.74) is 0.597. The van der Waals surface area contributed by atoms with Crippen molar-refractivity contribution in [3.05, 3.63) is 39.4 Å². The monoisotopic (exact) mass is 393 g/mol. The first-order valence-corrected chi connectivity index (χ1v) is 8.92. The Labute approximate surface area is 148 Å². The second-order valence-corrected chi connectivity index (χ2v) is 6.33. The minimum Gasteiger partial charge on any atom is -0.486 e. The smallest absolute Gasteiger partial charge is 0.336 e. The van der Waals surface area contributed by atoms with E-state index in [-0.39, 0.29) is 0 Å². The van der Waals surface area contributed by atoms with Gasteiger partial charge in [0.05, 0.1) is 12.9 Å². The fourth-order valence-corrected chi connectivity index (χ4v) is 3.42. The van der Waals surface area contributed by atoms with E-state index in [0.29, 0.717) is 23.5 Å². The lowest BCUT2D eigenvalue weighted by molar-refractivity contribution is 0.248. The predicted molar refractivity (Wildman–Crippen MR) is 97.9 cm³/mol. The quantitative estimate of drug-likeness (QED) is 0.439. The first-order chi connectivity index (χ1) is 11.7. The van der Waals surface area contributed by atoms with Crippen LogP contribution in [0.3, 0.4) is 0 Å². The van der Waals surface area contributed by atoms with Crippen LogP contribution in [0, 0.1) is 0 Å². The lowest BCUT2D eigenvalue weighted by Crippen LogP contribution is -2.25. The molecular formula is C18H20BrNO4. The van der Waals surface area contributed by atoms with Crippen LogP contribution in [0.4, 0.5) is 0 Å². The van der Waals surface area contributed by atoms with E-state index in [0.717, 1.165) is 41.3 Å². The molecule has 0 aliphatic carbocycles. The highest BCUT2D eigenvalue weighted by atomic mass is 79.9. The number of halogens is 1. The zero-order valence-corrected chi connectivity index (χ0v) is 15.4. The molecule has 0 spiro atoms. The number of hydrogen-bond acceptors (Lipinski definition) is 5. The van der Waals surface area contributed by atoms with Crippen LogP contribution in [0.2, 0.25) is 0 Å². The molecule has 0 aliphatic rings. The molecule has 0 amide bonds. The number of ether oxygens (including phenoxy) is 1. The predicted octanol–water partition coefficient (Wildman–Crippen LogP) is 4.41. The molecular weight excluding hydrogens is 374 g/mol. The molecule has 24 heavy (non-hydrogen) atoms. The maximum absolute atomic E-state index is 11.6. The zero-order valence-electron chi connectivity index (χ0n) is 13.8. The maximum Gasteiger partial charge on any atom is 0.336 e. The van der Waals surface area contributed by atoms with Gasteiger partial charge in [-0.05, 0) is 47.6 Å². The van der Waals surface area contributed by atoms with Gasteiger partial charge < -0.3 is 18.5 Å². The van der Waals surface area contributed by atoms with E-state index >= 15 is 0 Å². The van der Waals surface area contributed by atoms with E-state index < -0.39 is 5.63 Å². The average molecular weight is 394 g/mol. The van der Waals surface area contributed by atoms with Crippen LogP contribution < -0.4 is 10.4 Å². The van der Waals surface area contributed by atoms with E-state index in [9.17, 15) is 4.79 Å². The molecule has 5 nitrogen and oxygen atoms in total. The van der Waals surface area contributed by atoms with Gasteiger partial charge in [0.1, 0.15) is 0 Å². The highest BCUT2D eigenvalue weighted by molar-refractivity contribution is 9.10. The molecule has 0 saturated carbocycles. The molecule has 3 rings (SSSR count). The molecule has 0 N–H and O–H groups in total. The van der Waals surface area contributed by atoms with E-state index in [1.807, 2.05) is 6.07 Å². The van der Waals surface area contributed by atoms with Crippen LogP contribution in [-0.2, 0) is 0 Å². The molecule has 0 saturated heterocycles. The Hall–Kier alpha value is -1.79. The second-order valence-electron chi connectivity index (χ2n) is 5.53. The molecule has 1 aromatic carbocycles. The van der Waals surface area contributed by atoms with Gasteiger partial charge in [0.2, 0.25) is 5.75 Å². The topological polar surface area (TPSA) is 55.8 Å². The van der Waals surface area contributed by atoms with Crippen molar-refractivity contribution in [1.29, 1.82) is 0 Å². The fraction of sp³-hybridized carbons (Fsp3) is 0.389. The van der Waals surface area contributed by atoms with Crippen molar-refractivity contribution in [3.63, 3.8) is 0 Å². The molecule has 128 valence electrons. The van der Waals surface area contributed by atoms with Crippen LogP contribution in [-0.4, -0.2) is 31.1 Å². The Bertz CT molecular complexity index is 895. The van der Waals surface area contributed by atoms with Gasteiger partial charge in [0.15, 0.2) is 11.2 Å². The van der Waals surface area contributed by atoms with Gasteiger partial charge >= 0.3 is 5.63 Å². The third kappa shape index (κ3) is 3.21. The van der Waals surface area contributed by atoms with Crippen molar-refractivity contribution in [2.45, 2.75) is 20.3 Å². The fourth-order valence-electron chi connectivity index (χ4n) is 2.80. The summed E-state index contributed by atoms with van der Waals surface area (Å²) in [5.74, 6) is 0.491. The van der Waals surface area contributed by atoms with Gasteiger partial charge in [0, 0.05) is 27.9 Å². The highest BCUT2D eigenvalue weighted by Gasteiger charge is 2.18. The average Bonchev–Trinajstić information content (AvgIpc) is 3.07. The summed E-state index contributed by atoms with van der Waals surface area (Å²) < 4.78 is 17.8. The standard InChI is InChI=1S/C18H20BrNO4/c1-3-20(4-2)9-5-10-22-18-16-13(8-11-23-16)15(19)12-6-7-14(21)24-17(12)18/h6-8,11H,3-5,9-10H2,1-2H3. The van der Waals surface area contributed by atoms with Crippen molar-refractivity contribution >= 4 is 37.9 Å². The molecule has 2 aromatic heterocycles. The van der Waals surface area contributed by atoms with Crippen LogP contribution >= 0.6 is 15.9 Å². The Morgan fingerprint density at radius 2 is 1.88 bits per heavy atom. The van der Waals surface area contributed by atoms with Gasteiger partial charge in [-0.25, -0.2) is 4.79 Å². The van der Waals surface area contributed by atoms with Crippen LogP contribution in [0.15, 0.2) is 42.6 Å². The molecule has 6 heteroatoms. The second kappa shape index (κ2) is 7.40. The largest absolute Gasteiger partial charge is 0.486 e. The number of nitrogens with zero attached hydrogens (tertiary/aromatic N) is 1. The summed E-state index contributed by atoms with van der Waals surface area (Å²) in [6.07, 6.45) is 2.49. The van der Waals surface area contributed by atoms with Crippen molar-refractivity contribution in [2.75, 3.05) is 26.2 Å². The zero-order chi connectivity index (χ0) is 17.1. The molecule has 3 aromatic rings. The van der Waals surface area contributed by atoms with Crippen molar-refractivity contribution in [2.24, 2.45) is 0 Å². The van der Waals surface area contributed by atoms with Gasteiger partial charge in [-0.1, -0.05) is 13.8 Å². The lowest BCUT2D eigenvalue weighted by atomic mass is 10.1. The van der Waals surface area contributed by atoms with Crippen molar-refractivity contribution < 1.29 is 13.6 Å². The molecule has 0 atom stereocenters. The van der Waals surface area contributed by atoms with Crippen molar-refractivity contribution in [3.8, 4) is 5.75 Å². The number of furan rings is 1. The lowest BCUT2D eigenvalue weighted by Gasteiger charge is -2.18. The molecule has 0 fully saturated rings. The van der Waals surface area contributed by atoms with Gasteiger partial charge in [-0.2, -0.15) is 0 Å². The van der Waals surface area contributed by atoms with Gasteiger partial charge in [0.25, 0.3) is 0 Å². The van der Waals surface area contributed by atoms with E-state index in [4.69, 9.17) is 13.6 Å². The number of rotatable bonds is 7. The minimum absolute atomic E-state index is 0.409. The first-order valence-electron chi connectivity index (χ1n) is 8.13. The molecule has 0 unspecified atom stereocenters. The van der Waals surface area contributed by atoms with Crippen LogP contribution in [0.5, 0.6) is 5.75 Å². The molecule has 0 radical (unpaired) electrons. The summed E-state index contributed by atoms with van der Waals surface area (Å²) in [7, 11) is 0. The Kier molecular flexibility index (Phi) is 5.26. The third-order valence-electron chi connectivity index (χ3n) is 4.14. The minimum atomic E-state index is -0.409. The first kappa shape index (κ1) is 17.0. The Balaban J connectivity index is 1.93. The summed E-state index contributed by atoms with van der Waals surface area (Å²) in [6, 6.07) is 5.01. The summed E-state index contributed by atoms with van der Waals surface area (Å²) >= 11 is 3.56. The van der Waals surface area contributed by atoms with E-state index in [2.05, 4.69) is 34.7 Å².